The predicted octanol–water partition coefficient (Wildman–Crippen LogP) is 7.60. The van der Waals surface area contributed by atoms with E-state index in [2.05, 4.69) is 6.07 Å². The van der Waals surface area contributed by atoms with Crippen LogP contribution >= 0.6 is 0 Å². The molecular weight excluding hydrogens is 544 g/mol. The average molecular weight is 587 g/mol. The number of phenolic OH excluding ortho intramolecular Hbond substituents is 2. The van der Waals surface area contributed by atoms with Gasteiger partial charge in [0.15, 0.2) is 11.6 Å². The first kappa shape index (κ1) is 36.3. The zero-order valence-corrected chi connectivity index (χ0v) is 26.1. The standard InChI is InChI=1S/C10H12O.C9H10O2.C9H12O.C8H8O3/c1-7-4-5-10(9(3)11)8(2)6-7;1-6-5-8(11)3-4-9(6)7(2)10;1-7-3-4-9(6-10)8(2)5-7;1-5-4-6(9)2-3-7(5)8(10)11/h4-6H,1-3H3;3-5,11H,1-2H3;3-5,10H,6H2,1-2H3;2-4,9H,1H3,(H,10,11). The largest absolute Gasteiger partial charge is 0.508 e. The number of rotatable bonds is 4. The van der Waals surface area contributed by atoms with Gasteiger partial charge in [0.2, 0.25) is 0 Å². The molecule has 0 unspecified atom stereocenters. The summed E-state index contributed by atoms with van der Waals surface area (Å²) >= 11 is 0. The third kappa shape index (κ3) is 12.3. The van der Waals surface area contributed by atoms with Crippen molar-refractivity contribution in [2.45, 2.75) is 62.0 Å². The molecule has 0 aliphatic rings. The molecule has 0 bridgehead atoms. The van der Waals surface area contributed by atoms with E-state index in [0.717, 1.165) is 22.3 Å². The minimum Gasteiger partial charge on any atom is -0.508 e. The zero-order valence-electron chi connectivity index (χ0n) is 26.1. The number of phenols is 2. The molecule has 4 aromatic rings. The summed E-state index contributed by atoms with van der Waals surface area (Å²) < 4.78 is 0. The summed E-state index contributed by atoms with van der Waals surface area (Å²) in [4.78, 5) is 32.3. The van der Waals surface area contributed by atoms with E-state index in [0.29, 0.717) is 11.1 Å². The molecule has 0 heterocycles. The van der Waals surface area contributed by atoms with E-state index >= 15 is 0 Å². The normalized spacial score (nSPS) is 9.70. The molecular formula is C36H42O7. The van der Waals surface area contributed by atoms with Gasteiger partial charge in [-0.3, -0.25) is 9.59 Å². The molecule has 7 heteroatoms. The molecule has 0 aromatic heterocycles. The van der Waals surface area contributed by atoms with E-state index < -0.39 is 5.97 Å². The fourth-order valence-corrected chi connectivity index (χ4v) is 4.16. The molecule has 0 atom stereocenters. The Morgan fingerprint density at radius 1 is 0.535 bits per heavy atom. The Hall–Kier alpha value is -4.75. The van der Waals surface area contributed by atoms with Gasteiger partial charge in [0.1, 0.15) is 11.5 Å². The number of aromatic hydroxyl groups is 2. The van der Waals surface area contributed by atoms with Crippen molar-refractivity contribution in [3.63, 3.8) is 0 Å². The molecule has 0 saturated heterocycles. The number of hydrogen-bond donors (Lipinski definition) is 4. The van der Waals surface area contributed by atoms with Crippen LogP contribution in [0.2, 0.25) is 0 Å². The lowest BCUT2D eigenvalue weighted by Crippen LogP contribution is -1.98. The highest BCUT2D eigenvalue weighted by molar-refractivity contribution is 5.96. The summed E-state index contributed by atoms with van der Waals surface area (Å²) in [5.41, 5.74) is 8.81. The van der Waals surface area contributed by atoms with Crippen molar-refractivity contribution in [2.75, 3.05) is 0 Å². The molecule has 0 fully saturated rings. The van der Waals surface area contributed by atoms with Gasteiger partial charge in [-0.25, -0.2) is 4.79 Å². The Balaban J connectivity index is 0.000000287. The molecule has 0 radical (unpaired) electrons. The van der Waals surface area contributed by atoms with Crippen molar-refractivity contribution >= 4 is 17.5 Å². The number of aliphatic hydroxyl groups excluding tert-OH is 1. The minimum atomic E-state index is -0.970. The van der Waals surface area contributed by atoms with Crippen LogP contribution < -0.4 is 0 Å². The number of Topliss-reactive ketones (excluding diaryl/α,β-unsaturated/α-hetero) is 2. The molecule has 0 aliphatic carbocycles. The molecule has 4 N–H and O–H groups in total. The number of carboxylic acid groups (broad SMARTS) is 1. The van der Waals surface area contributed by atoms with Gasteiger partial charge < -0.3 is 20.4 Å². The van der Waals surface area contributed by atoms with Gasteiger partial charge in [0.05, 0.1) is 12.2 Å². The maximum absolute atomic E-state index is 11.0. The highest BCUT2D eigenvalue weighted by Gasteiger charge is 2.06. The van der Waals surface area contributed by atoms with Crippen LogP contribution in [0.3, 0.4) is 0 Å². The average Bonchev–Trinajstić information content (AvgIpc) is 2.89. The molecule has 4 aromatic carbocycles. The minimum absolute atomic E-state index is 0.0301. The number of aryl methyl sites for hydroxylation is 6. The van der Waals surface area contributed by atoms with Crippen molar-refractivity contribution in [3.05, 3.63) is 128 Å². The Kier molecular flexibility index (Phi) is 14.6. The molecule has 228 valence electrons. The smallest absolute Gasteiger partial charge is 0.335 e. The number of ketones is 2. The van der Waals surface area contributed by atoms with Crippen molar-refractivity contribution in [1.82, 2.24) is 0 Å². The zero-order chi connectivity index (χ0) is 32.9. The Bertz CT molecular complexity index is 1420. The van der Waals surface area contributed by atoms with Gasteiger partial charge in [-0.1, -0.05) is 47.5 Å². The van der Waals surface area contributed by atoms with Crippen LogP contribution in [0.15, 0.2) is 72.8 Å². The molecule has 0 amide bonds. The highest BCUT2D eigenvalue weighted by Crippen LogP contribution is 2.16. The molecule has 7 nitrogen and oxygen atoms in total. The first-order valence-corrected chi connectivity index (χ1v) is 13.7. The van der Waals surface area contributed by atoms with Crippen molar-refractivity contribution in [3.8, 4) is 11.5 Å². The Morgan fingerprint density at radius 3 is 1.26 bits per heavy atom. The summed E-state index contributed by atoms with van der Waals surface area (Å²) in [7, 11) is 0. The van der Waals surface area contributed by atoms with Gasteiger partial charge in [-0.05, 0) is 120 Å². The van der Waals surface area contributed by atoms with Crippen LogP contribution in [0.4, 0.5) is 0 Å². The third-order valence-electron chi connectivity index (χ3n) is 6.46. The predicted molar refractivity (Wildman–Crippen MR) is 170 cm³/mol. The third-order valence-corrected chi connectivity index (χ3v) is 6.46. The lowest BCUT2D eigenvalue weighted by molar-refractivity contribution is 0.0695. The van der Waals surface area contributed by atoms with Gasteiger partial charge >= 0.3 is 5.97 Å². The van der Waals surface area contributed by atoms with E-state index in [9.17, 15) is 14.4 Å². The number of carboxylic acids is 1. The van der Waals surface area contributed by atoms with Crippen LogP contribution in [0.5, 0.6) is 11.5 Å². The topological polar surface area (TPSA) is 132 Å². The van der Waals surface area contributed by atoms with Gasteiger partial charge in [0.25, 0.3) is 0 Å². The van der Waals surface area contributed by atoms with E-state index in [-0.39, 0.29) is 35.2 Å². The summed E-state index contributed by atoms with van der Waals surface area (Å²) in [6.45, 7) is 14.7. The lowest BCUT2D eigenvalue weighted by atomic mass is 10.0. The van der Waals surface area contributed by atoms with Crippen molar-refractivity contribution in [1.29, 1.82) is 0 Å². The summed E-state index contributed by atoms with van der Waals surface area (Å²) in [6, 6.07) is 20.8. The first-order chi connectivity index (χ1) is 20.1. The summed E-state index contributed by atoms with van der Waals surface area (Å²) in [5.74, 6) is -0.507. The van der Waals surface area contributed by atoms with Crippen molar-refractivity contribution < 1.29 is 34.8 Å². The van der Waals surface area contributed by atoms with Crippen LogP contribution in [0.25, 0.3) is 0 Å². The molecule has 0 saturated carbocycles. The lowest BCUT2D eigenvalue weighted by Gasteiger charge is -2.01. The van der Waals surface area contributed by atoms with E-state index in [1.807, 2.05) is 58.0 Å². The molecule has 0 aliphatic heterocycles. The summed E-state index contributed by atoms with van der Waals surface area (Å²) in [6.07, 6.45) is 0. The van der Waals surface area contributed by atoms with Gasteiger partial charge in [0, 0.05) is 11.1 Å². The maximum atomic E-state index is 11.0. The second kappa shape index (κ2) is 17.3. The van der Waals surface area contributed by atoms with Crippen LogP contribution in [-0.4, -0.2) is 38.0 Å². The highest BCUT2D eigenvalue weighted by atomic mass is 16.4. The fourth-order valence-electron chi connectivity index (χ4n) is 4.16. The van der Waals surface area contributed by atoms with E-state index in [4.69, 9.17) is 20.4 Å². The number of aliphatic hydroxyl groups is 1. The monoisotopic (exact) mass is 586 g/mol. The van der Waals surface area contributed by atoms with E-state index in [1.165, 1.54) is 47.9 Å². The van der Waals surface area contributed by atoms with Gasteiger partial charge in [-0.2, -0.15) is 0 Å². The summed E-state index contributed by atoms with van der Waals surface area (Å²) in [5, 5.41) is 35.3. The molecule has 43 heavy (non-hydrogen) atoms. The Labute approximate surface area is 254 Å². The van der Waals surface area contributed by atoms with Gasteiger partial charge in [-0.15, -0.1) is 0 Å². The Morgan fingerprint density at radius 2 is 0.907 bits per heavy atom. The van der Waals surface area contributed by atoms with Crippen molar-refractivity contribution in [2.24, 2.45) is 0 Å². The second-order valence-electron chi connectivity index (χ2n) is 10.3. The first-order valence-electron chi connectivity index (χ1n) is 13.7. The number of carbonyl (C=O) groups is 3. The second-order valence-corrected chi connectivity index (χ2v) is 10.3. The van der Waals surface area contributed by atoms with Crippen LogP contribution in [0, 0.1) is 41.5 Å². The van der Waals surface area contributed by atoms with Crippen LogP contribution in [0.1, 0.15) is 83.9 Å². The molecule has 4 rings (SSSR count). The van der Waals surface area contributed by atoms with Crippen LogP contribution in [-0.2, 0) is 6.61 Å². The quantitative estimate of drug-likeness (QED) is 0.181. The SMILES string of the molecule is CC(=O)c1ccc(C)cc1C.CC(=O)c1ccc(O)cc1C.Cc1cc(O)ccc1C(=O)O.Cc1ccc(CO)c(C)c1. The maximum Gasteiger partial charge on any atom is 0.335 e. The number of benzene rings is 4. The number of carbonyl (C=O) groups excluding carboxylic acids is 2. The van der Waals surface area contributed by atoms with E-state index in [1.54, 1.807) is 32.9 Å². The molecule has 0 spiro atoms. The fraction of sp³-hybridized carbons (Fsp3) is 0.250. The number of aromatic carboxylic acids is 1. The number of hydrogen-bond acceptors (Lipinski definition) is 6.